The van der Waals surface area contributed by atoms with Gasteiger partial charge in [-0.2, -0.15) is 0 Å². The summed E-state index contributed by atoms with van der Waals surface area (Å²) in [6.07, 6.45) is 9.00. The van der Waals surface area contributed by atoms with Crippen molar-refractivity contribution in [2.75, 3.05) is 13.2 Å². The average molecular weight is 355 g/mol. The van der Waals surface area contributed by atoms with Crippen LogP contribution in [0.5, 0.6) is 0 Å². The van der Waals surface area contributed by atoms with Gasteiger partial charge in [0.05, 0.1) is 0 Å². The molecule has 2 saturated carbocycles. The Balaban J connectivity index is 2.35. The number of hydrogen-bond acceptors (Lipinski definition) is 2. The van der Waals surface area contributed by atoms with Gasteiger partial charge in [0, 0.05) is 24.3 Å². The lowest BCUT2D eigenvalue weighted by molar-refractivity contribution is 0.120. The third-order valence-corrected chi connectivity index (χ3v) is 11.6. The van der Waals surface area contributed by atoms with Crippen LogP contribution in [-0.4, -0.2) is 21.8 Å². The first kappa shape index (κ1) is 20.4. The molecule has 2 fully saturated rings. The van der Waals surface area contributed by atoms with E-state index in [1.165, 1.54) is 32.1 Å². The van der Waals surface area contributed by atoms with Crippen molar-refractivity contribution < 1.29 is 8.85 Å². The van der Waals surface area contributed by atoms with Gasteiger partial charge in [0.15, 0.2) is 0 Å². The highest BCUT2D eigenvalue weighted by molar-refractivity contribution is 6.70. The fourth-order valence-electron chi connectivity index (χ4n) is 5.78. The van der Waals surface area contributed by atoms with E-state index in [1.54, 1.807) is 0 Å². The molecule has 4 atom stereocenters. The van der Waals surface area contributed by atoms with Gasteiger partial charge in [-0.25, -0.2) is 0 Å². The molecule has 0 aliphatic heterocycles. The first-order valence-corrected chi connectivity index (χ1v) is 12.7. The highest BCUT2D eigenvalue weighted by Gasteiger charge is 2.58. The Morgan fingerprint density at radius 1 is 0.750 bits per heavy atom. The zero-order chi connectivity index (χ0) is 17.7. The summed E-state index contributed by atoms with van der Waals surface area (Å²) in [6, 6.07) is 0. The van der Waals surface area contributed by atoms with Crippen molar-refractivity contribution >= 4 is 8.56 Å². The van der Waals surface area contributed by atoms with Crippen LogP contribution in [0.15, 0.2) is 0 Å². The molecule has 0 aromatic heterocycles. The van der Waals surface area contributed by atoms with Gasteiger partial charge in [-0.3, -0.25) is 0 Å². The predicted molar refractivity (Wildman–Crippen MR) is 105 cm³/mol. The molecule has 0 aromatic carbocycles. The fraction of sp³-hybridized carbons (Fsp3) is 1.00. The monoisotopic (exact) mass is 354 g/mol. The molecule has 2 nitrogen and oxygen atoms in total. The third kappa shape index (κ3) is 4.45. The zero-order valence-electron chi connectivity index (χ0n) is 17.1. The summed E-state index contributed by atoms with van der Waals surface area (Å²) in [6.45, 7) is 16.1. The lowest BCUT2D eigenvalue weighted by Crippen LogP contribution is -2.55. The third-order valence-electron chi connectivity index (χ3n) is 6.58. The summed E-state index contributed by atoms with van der Waals surface area (Å²) in [5.41, 5.74) is 1.39. The van der Waals surface area contributed by atoms with E-state index in [1.807, 2.05) is 0 Å². The molecule has 4 unspecified atom stereocenters. The molecule has 0 spiro atoms. The Morgan fingerprint density at radius 2 is 1.21 bits per heavy atom. The van der Waals surface area contributed by atoms with Crippen molar-refractivity contribution in [2.24, 2.45) is 23.7 Å². The maximum Gasteiger partial charge on any atom is 0.345 e. The van der Waals surface area contributed by atoms with Crippen molar-refractivity contribution in [3.63, 3.8) is 0 Å². The van der Waals surface area contributed by atoms with Crippen LogP contribution in [0, 0.1) is 23.7 Å². The van der Waals surface area contributed by atoms with Crippen LogP contribution in [0.2, 0.25) is 11.1 Å². The first-order chi connectivity index (χ1) is 11.4. The van der Waals surface area contributed by atoms with Crippen LogP contribution in [0.4, 0.5) is 0 Å². The van der Waals surface area contributed by atoms with Gasteiger partial charge in [0.1, 0.15) is 0 Å². The van der Waals surface area contributed by atoms with E-state index >= 15 is 0 Å². The molecule has 2 aliphatic carbocycles. The van der Waals surface area contributed by atoms with Crippen LogP contribution < -0.4 is 0 Å². The number of hydrogen-bond donors (Lipinski definition) is 0. The first-order valence-electron chi connectivity index (χ1n) is 10.7. The molecule has 142 valence electrons. The molecule has 0 heterocycles. The molecule has 24 heavy (non-hydrogen) atoms. The Bertz CT molecular complexity index is 345. The second-order valence-electron chi connectivity index (χ2n) is 9.09. The molecule has 0 amide bonds. The van der Waals surface area contributed by atoms with Gasteiger partial charge in [-0.15, -0.1) is 0 Å². The molecule has 0 saturated heterocycles. The maximum atomic E-state index is 6.86. The molecule has 2 rings (SSSR count). The minimum absolute atomic E-state index is 0.693. The normalized spacial score (nSPS) is 37.8. The van der Waals surface area contributed by atoms with Crippen molar-refractivity contribution in [2.45, 2.75) is 97.6 Å². The highest BCUT2D eigenvalue weighted by atomic mass is 28.4. The van der Waals surface area contributed by atoms with Gasteiger partial charge in [-0.1, -0.05) is 54.4 Å². The van der Waals surface area contributed by atoms with E-state index in [0.29, 0.717) is 11.1 Å². The standard InChI is InChI=1S/C21H42O2Si/c1-7-11-22-24(23-12-8-2,21-18(5)9-10-19(21)6)20-14-16(3)13-17(4)15-20/h16-21H,7-15H2,1-6H3. The van der Waals surface area contributed by atoms with Crippen LogP contribution in [-0.2, 0) is 8.85 Å². The molecule has 3 heteroatoms. The second kappa shape index (κ2) is 9.18. The van der Waals surface area contributed by atoms with Gasteiger partial charge < -0.3 is 8.85 Å². The Kier molecular flexibility index (Phi) is 7.82. The number of rotatable bonds is 8. The summed E-state index contributed by atoms with van der Waals surface area (Å²) >= 11 is 0. The quantitative estimate of drug-likeness (QED) is 0.460. The summed E-state index contributed by atoms with van der Waals surface area (Å²) in [4.78, 5) is 0. The molecular formula is C21H42O2Si. The molecule has 0 N–H and O–H groups in total. The Hall–Kier alpha value is 0.137. The summed E-state index contributed by atoms with van der Waals surface area (Å²) in [7, 11) is -2.21. The minimum atomic E-state index is -2.21. The summed E-state index contributed by atoms with van der Waals surface area (Å²) < 4.78 is 13.7. The van der Waals surface area contributed by atoms with E-state index in [4.69, 9.17) is 8.85 Å². The SMILES string of the molecule is CCCO[Si](OCCC)(C1CC(C)CC(C)C1)C1C(C)CCC1C. The summed E-state index contributed by atoms with van der Waals surface area (Å²) in [5.74, 6) is 3.20. The van der Waals surface area contributed by atoms with Crippen LogP contribution >= 0.6 is 0 Å². The molecule has 0 radical (unpaired) electrons. The van der Waals surface area contributed by atoms with Crippen LogP contribution in [0.3, 0.4) is 0 Å². The van der Waals surface area contributed by atoms with Gasteiger partial charge in [0.25, 0.3) is 0 Å². The lowest BCUT2D eigenvalue weighted by Gasteiger charge is -2.48. The molecule has 0 bridgehead atoms. The lowest BCUT2D eigenvalue weighted by atomic mass is 9.83. The van der Waals surface area contributed by atoms with Crippen molar-refractivity contribution in [1.29, 1.82) is 0 Å². The van der Waals surface area contributed by atoms with Gasteiger partial charge in [0.2, 0.25) is 0 Å². The van der Waals surface area contributed by atoms with E-state index in [-0.39, 0.29) is 0 Å². The molecular weight excluding hydrogens is 312 g/mol. The van der Waals surface area contributed by atoms with Crippen molar-refractivity contribution in [3.8, 4) is 0 Å². The minimum Gasteiger partial charge on any atom is -0.394 e. The predicted octanol–water partition coefficient (Wildman–Crippen LogP) is 6.54. The molecule has 2 aliphatic rings. The smallest absolute Gasteiger partial charge is 0.345 e. The van der Waals surface area contributed by atoms with E-state index in [2.05, 4.69) is 41.5 Å². The Morgan fingerprint density at radius 3 is 1.62 bits per heavy atom. The van der Waals surface area contributed by atoms with Gasteiger partial charge in [-0.05, 0) is 55.8 Å². The van der Waals surface area contributed by atoms with Crippen molar-refractivity contribution in [1.82, 2.24) is 0 Å². The van der Waals surface area contributed by atoms with Crippen molar-refractivity contribution in [3.05, 3.63) is 0 Å². The maximum absolute atomic E-state index is 6.86. The van der Waals surface area contributed by atoms with Crippen LogP contribution in [0.1, 0.15) is 86.5 Å². The van der Waals surface area contributed by atoms with E-state index in [0.717, 1.165) is 49.7 Å². The zero-order valence-corrected chi connectivity index (χ0v) is 18.1. The second-order valence-corrected chi connectivity index (χ2v) is 12.6. The van der Waals surface area contributed by atoms with E-state index < -0.39 is 8.56 Å². The van der Waals surface area contributed by atoms with Crippen LogP contribution in [0.25, 0.3) is 0 Å². The average Bonchev–Trinajstić information content (AvgIpc) is 2.87. The highest BCUT2D eigenvalue weighted by Crippen LogP contribution is 2.56. The molecule has 0 aromatic rings. The largest absolute Gasteiger partial charge is 0.394 e. The van der Waals surface area contributed by atoms with E-state index in [9.17, 15) is 0 Å². The Labute approximate surface area is 152 Å². The topological polar surface area (TPSA) is 18.5 Å². The van der Waals surface area contributed by atoms with Gasteiger partial charge >= 0.3 is 8.56 Å². The fourth-order valence-corrected chi connectivity index (χ4v) is 11.7. The summed E-state index contributed by atoms with van der Waals surface area (Å²) in [5, 5.41) is 0.